The molecule has 0 aliphatic heterocycles. The highest BCUT2D eigenvalue weighted by Gasteiger charge is 1.93. The molecule has 0 atom stereocenters. The topological polar surface area (TPSA) is 26.3 Å². The lowest BCUT2D eigenvalue weighted by Crippen LogP contribution is -1.99. The van der Waals surface area contributed by atoms with Crippen LogP contribution in [0.15, 0.2) is 24.3 Å². The van der Waals surface area contributed by atoms with Gasteiger partial charge in [0.2, 0.25) is 0 Å². The summed E-state index contributed by atoms with van der Waals surface area (Å²) >= 11 is 0. The zero-order valence-electron chi connectivity index (χ0n) is 12.7. The SMILES string of the molecule is CCCC/C=C/C=C/CCCCCCCOC(C)=O. The second-order valence-electron chi connectivity index (χ2n) is 4.90. The number of rotatable bonds is 12. The van der Waals surface area contributed by atoms with Crippen molar-refractivity contribution in [3.63, 3.8) is 0 Å². The lowest BCUT2D eigenvalue weighted by molar-refractivity contribution is -0.141. The zero-order valence-corrected chi connectivity index (χ0v) is 12.7. The first-order valence-corrected chi connectivity index (χ1v) is 7.72. The van der Waals surface area contributed by atoms with E-state index in [9.17, 15) is 4.79 Å². The zero-order chi connectivity index (χ0) is 14.2. The summed E-state index contributed by atoms with van der Waals surface area (Å²) in [5.41, 5.74) is 0. The minimum absolute atomic E-state index is 0.169. The molecule has 0 amide bonds. The van der Waals surface area contributed by atoms with Gasteiger partial charge in [-0.15, -0.1) is 0 Å². The Morgan fingerprint density at radius 3 is 2.11 bits per heavy atom. The van der Waals surface area contributed by atoms with E-state index in [4.69, 9.17) is 4.74 Å². The predicted molar refractivity (Wildman–Crippen MR) is 82.1 cm³/mol. The monoisotopic (exact) mass is 266 g/mol. The molecule has 0 bridgehead atoms. The van der Waals surface area contributed by atoms with Crippen LogP contribution in [-0.4, -0.2) is 12.6 Å². The van der Waals surface area contributed by atoms with E-state index < -0.39 is 0 Å². The van der Waals surface area contributed by atoms with E-state index in [1.54, 1.807) is 0 Å². The molecule has 0 heterocycles. The normalized spacial score (nSPS) is 11.5. The van der Waals surface area contributed by atoms with E-state index in [0.29, 0.717) is 6.61 Å². The van der Waals surface area contributed by atoms with Gasteiger partial charge in [0.15, 0.2) is 0 Å². The Balaban J connectivity index is 3.15. The summed E-state index contributed by atoms with van der Waals surface area (Å²) in [5, 5.41) is 0. The van der Waals surface area contributed by atoms with Gasteiger partial charge in [0.05, 0.1) is 6.61 Å². The van der Waals surface area contributed by atoms with Crippen LogP contribution in [0.1, 0.15) is 71.6 Å². The molecule has 0 radical (unpaired) electrons. The molecule has 0 spiro atoms. The van der Waals surface area contributed by atoms with Gasteiger partial charge in [-0.3, -0.25) is 4.79 Å². The number of carbonyl (C=O) groups excluding carboxylic acids is 1. The van der Waals surface area contributed by atoms with Gasteiger partial charge in [0.1, 0.15) is 0 Å². The fourth-order valence-electron chi connectivity index (χ4n) is 1.78. The number of ether oxygens (including phenoxy) is 1. The molecule has 0 saturated heterocycles. The van der Waals surface area contributed by atoms with E-state index >= 15 is 0 Å². The fourth-order valence-corrected chi connectivity index (χ4v) is 1.78. The molecule has 0 saturated carbocycles. The van der Waals surface area contributed by atoms with E-state index in [1.807, 2.05) is 0 Å². The highest BCUT2D eigenvalue weighted by Crippen LogP contribution is 2.06. The maximum atomic E-state index is 10.5. The van der Waals surface area contributed by atoms with Crippen molar-refractivity contribution in [2.24, 2.45) is 0 Å². The van der Waals surface area contributed by atoms with Gasteiger partial charge >= 0.3 is 5.97 Å². The molecule has 110 valence electrons. The van der Waals surface area contributed by atoms with Crippen LogP contribution in [0.25, 0.3) is 0 Å². The van der Waals surface area contributed by atoms with Gasteiger partial charge in [-0.05, 0) is 25.7 Å². The molecule has 0 aromatic heterocycles. The smallest absolute Gasteiger partial charge is 0.302 e. The number of esters is 1. The Labute approximate surface area is 118 Å². The van der Waals surface area contributed by atoms with Crippen molar-refractivity contribution in [1.82, 2.24) is 0 Å². The van der Waals surface area contributed by atoms with Crippen molar-refractivity contribution < 1.29 is 9.53 Å². The van der Waals surface area contributed by atoms with Crippen molar-refractivity contribution in [3.05, 3.63) is 24.3 Å². The van der Waals surface area contributed by atoms with E-state index in [-0.39, 0.29) is 5.97 Å². The van der Waals surface area contributed by atoms with Gasteiger partial charge < -0.3 is 4.74 Å². The molecular weight excluding hydrogens is 236 g/mol. The summed E-state index contributed by atoms with van der Waals surface area (Å²) in [4.78, 5) is 10.5. The summed E-state index contributed by atoms with van der Waals surface area (Å²) in [7, 11) is 0. The highest BCUT2D eigenvalue weighted by molar-refractivity contribution is 5.65. The lowest BCUT2D eigenvalue weighted by Gasteiger charge is -2.01. The summed E-state index contributed by atoms with van der Waals surface area (Å²) < 4.78 is 4.88. The van der Waals surface area contributed by atoms with E-state index in [1.165, 1.54) is 51.9 Å². The maximum Gasteiger partial charge on any atom is 0.302 e. The highest BCUT2D eigenvalue weighted by atomic mass is 16.5. The minimum Gasteiger partial charge on any atom is -0.466 e. The van der Waals surface area contributed by atoms with Gasteiger partial charge in [-0.1, -0.05) is 63.3 Å². The van der Waals surface area contributed by atoms with Crippen molar-refractivity contribution in [3.8, 4) is 0 Å². The van der Waals surface area contributed by atoms with E-state index in [2.05, 4.69) is 31.2 Å². The average molecular weight is 266 g/mol. The van der Waals surface area contributed by atoms with Crippen LogP contribution < -0.4 is 0 Å². The second-order valence-corrected chi connectivity index (χ2v) is 4.90. The second kappa shape index (κ2) is 15.0. The fraction of sp³-hybridized carbons (Fsp3) is 0.706. The Bertz CT molecular complexity index is 254. The molecule has 2 nitrogen and oxygen atoms in total. The minimum atomic E-state index is -0.169. The van der Waals surface area contributed by atoms with Crippen molar-refractivity contribution in [1.29, 1.82) is 0 Å². The van der Waals surface area contributed by atoms with Gasteiger partial charge in [-0.25, -0.2) is 0 Å². The van der Waals surface area contributed by atoms with Crippen LogP contribution in [0.5, 0.6) is 0 Å². The third kappa shape index (κ3) is 16.9. The first-order valence-electron chi connectivity index (χ1n) is 7.72. The summed E-state index contributed by atoms with van der Waals surface area (Å²) in [5.74, 6) is -0.169. The lowest BCUT2D eigenvalue weighted by atomic mass is 10.1. The largest absolute Gasteiger partial charge is 0.466 e. The molecule has 0 unspecified atom stereocenters. The molecule has 0 N–H and O–H groups in total. The third-order valence-electron chi connectivity index (χ3n) is 2.93. The number of hydrogen-bond donors (Lipinski definition) is 0. The number of unbranched alkanes of at least 4 members (excludes halogenated alkanes) is 7. The first kappa shape index (κ1) is 17.9. The van der Waals surface area contributed by atoms with Crippen molar-refractivity contribution in [2.75, 3.05) is 6.61 Å². The molecule has 0 aromatic carbocycles. The number of hydrogen-bond acceptors (Lipinski definition) is 2. The van der Waals surface area contributed by atoms with Crippen LogP contribution in [0.2, 0.25) is 0 Å². The van der Waals surface area contributed by atoms with E-state index in [0.717, 1.165) is 12.8 Å². The molecule has 0 aliphatic carbocycles. The Hall–Kier alpha value is -1.05. The van der Waals surface area contributed by atoms with Crippen LogP contribution in [-0.2, 0) is 9.53 Å². The number of allylic oxidation sites excluding steroid dienone is 4. The van der Waals surface area contributed by atoms with Crippen LogP contribution >= 0.6 is 0 Å². The van der Waals surface area contributed by atoms with Gasteiger partial charge in [0.25, 0.3) is 0 Å². The van der Waals surface area contributed by atoms with Crippen LogP contribution in [0.3, 0.4) is 0 Å². The molecule has 0 aromatic rings. The first-order chi connectivity index (χ1) is 9.27. The standard InChI is InChI=1S/C17H30O2/c1-3-4-5-6-7-8-9-10-11-12-13-14-15-16-19-17(2)18/h6-9H,3-5,10-16H2,1-2H3/b7-6+,9-8+. The number of carbonyl (C=O) groups is 1. The van der Waals surface area contributed by atoms with Crippen LogP contribution in [0, 0.1) is 0 Å². The Morgan fingerprint density at radius 2 is 1.47 bits per heavy atom. The van der Waals surface area contributed by atoms with Gasteiger partial charge in [0, 0.05) is 6.92 Å². The Morgan fingerprint density at radius 1 is 0.895 bits per heavy atom. The molecule has 0 rings (SSSR count). The Kier molecular flexibility index (Phi) is 14.2. The van der Waals surface area contributed by atoms with Gasteiger partial charge in [-0.2, -0.15) is 0 Å². The van der Waals surface area contributed by atoms with Crippen LogP contribution in [0.4, 0.5) is 0 Å². The average Bonchev–Trinajstić information content (AvgIpc) is 2.39. The molecule has 0 fully saturated rings. The molecule has 19 heavy (non-hydrogen) atoms. The quantitative estimate of drug-likeness (QED) is 0.276. The summed E-state index contributed by atoms with van der Waals surface area (Å²) in [6.07, 6.45) is 19.7. The third-order valence-corrected chi connectivity index (χ3v) is 2.93. The predicted octanol–water partition coefficient (Wildman–Crippen LogP) is 5.19. The maximum absolute atomic E-state index is 10.5. The summed E-state index contributed by atoms with van der Waals surface area (Å²) in [6.45, 7) is 4.26. The molecule has 2 heteroatoms. The molecule has 0 aliphatic rings. The van der Waals surface area contributed by atoms with Crippen molar-refractivity contribution >= 4 is 5.97 Å². The molecular formula is C17H30O2. The summed E-state index contributed by atoms with van der Waals surface area (Å²) in [6, 6.07) is 0. The van der Waals surface area contributed by atoms with Crippen molar-refractivity contribution in [2.45, 2.75) is 71.6 Å².